The Kier molecular flexibility index (Phi) is 12.5. The number of hydrogen-bond acceptors (Lipinski definition) is 2. The number of aliphatic carboxylic acids is 1. The van der Waals surface area contributed by atoms with Crippen molar-refractivity contribution >= 4 is 12.3 Å². The number of rotatable bonds is 13. The zero-order valence-corrected chi connectivity index (χ0v) is 12.1. The van der Waals surface area contributed by atoms with E-state index in [-0.39, 0.29) is 6.42 Å². The molecule has 0 amide bonds. The van der Waals surface area contributed by atoms with E-state index in [1.54, 1.807) is 12.4 Å². The number of unbranched alkanes of at least 4 members (excludes halogenated alkanes) is 8. The molecule has 3 nitrogen and oxygen atoms in total. The van der Waals surface area contributed by atoms with Crippen molar-refractivity contribution in [3.05, 3.63) is 12.2 Å². The number of carbonyl (C=O) groups excluding carboxylic acids is 1. The van der Waals surface area contributed by atoms with Crippen LogP contribution in [0.15, 0.2) is 12.2 Å². The molecule has 0 aromatic heterocycles. The lowest BCUT2D eigenvalue weighted by atomic mass is 10.0. The standard InChI is InChI=1S/C16H27O3/c1-2-3-4-5-6-7-8-9-10-11-12-15(14-17)13-16(18)19/h11-12,15H,2-10,13H2,1H3,(H,18,19)/b12-11+. The minimum absolute atomic E-state index is 0.155. The third-order valence-corrected chi connectivity index (χ3v) is 3.14. The van der Waals surface area contributed by atoms with Crippen molar-refractivity contribution in [1.82, 2.24) is 0 Å². The van der Waals surface area contributed by atoms with Gasteiger partial charge in [0.25, 0.3) is 0 Å². The second-order valence-electron chi connectivity index (χ2n) is 5.01. The normalized spacial score (nSPS) is 12.7. The first-order valence-corrected chi connectivity index (χ1v) is 7.46. The lowest BCUT2D eigenvalue weighted by Gasteiger charge is -2.01. The summed E-state index contributed by atoms with van der Waals surface area (Å²) in [5, 5.41) is 8.56. The third kappa shape index (κ3) is 13.1. The van der Waals surface area contributed by atoms with Crippen LogP contribution < -0.4 is 0 Å². The van der Waals surface area contributed by atoms with Crippen molar-refractivity contribution in [2.75, 3.05) is 0 Å². The molecule has 0 aromatic rings. The first-order valence-electron chi connectivity index (χ1n) is 7.46. The van der Waals surface area contributed by atoms with Gasteiger partial charge in [-0.2, -0.15) is 0 Å². The molecule has 3 heteroatoms. The van der Waals surface area contributed by atoms with Crippen LogP contribution in [0.25, 0.3) is 0 Å². The maximum atomic E-state index is 10.5. The molecule has 1 unspecified atom stereocenters. The van der Waals surface area contributed by atoms with Crippen LogP contribution in [0.2, 0.25) is 0 Å². The van der Waals surface area contributed by atoms with Gasteiger partial charge in [0.2, 0.25) is 6.29 Å². The fraction of sp³-hybridized carbons (Fsp3) is 0.750. The van der Waals surface area contributed by atoms with Crippen LogP contribution in [0, 0.1) is 5.92 Å². The van der Waals surface area contributed by atoms with Crippen LogP contribution in [0.5, 0.6) is 0 Å². The van der Waals surface area contributed by atoms with Crippen molar-refractivity contribution in [2.45, 2.75) is 71.1 Å². The van der Waals surface area contributed by atoms with Gasteiger partial charge in [-0.1, -0.05) is 64.0 Å². The number of carboxylic acid groups (broad SMARTS) is 1. The molecule has 1 radical (unpaired) electrons. The Balaban J connectivity index is 3.41. The minimum Gasteiger partial charge on any atom is -0.481 e. The highest BCUT2D eigenvalue weighted by molar-refractivity contribution is 5.73. The Bertz CT molecular complexity index is 259. The van der Waals surface area contributed by atoms with Crippen LogP contribution in [0.1, 0.15) is 71.1 Å². The first kappa shape index (κ1) is 17.9. The summed E-state index contributed by atoms with van der Waals surface area (Å²) in [6.45, 7) is 2.22. The third-order valence-electron chi connectivity index (χ3n) is 3.14. The Morgan fingerprint density at radius 1 is 1.11 bits per heavy atom. The molecule has 1 atom stereocenters. The van der Waals surface area contributed by atoms with Crippen molar-refractivity contribution in [3.8, 4) is 0 Å². The second kappa shape index (κ2) is 13.3. The van der Waals surface area contributed by atoms with Crippen molar-refractivity contribution in [1.29, 1.82) is 0 Å². The van der Waals surface area contributed by atoms with Crippen LogP contribution in [-0.2, 0) is 9.59 Å². The number of carboxylic acids is 1. The molecule has 0 aliphatic carbocycles. The molecule has 0 aliphatic heterocycles. The van der Waals surface area contributed by atoms with E-state index in [9.17, 15) is 9.59 Å². The SMILES string of the molecule is CCCCCCCCCC/C=C/C([C]=O)CC(=O)O. The van der Waals surface area contributed by atoms with Crippen LogP contribution in [-0.4, -0.2) is 17.4 Å². The van der Waals surface area contributed by atoms with E-state index in [4.69, 9.17) is 5.11 Å². The van der Waals surface area contributed by atoms with E-state index in [0.29, 0.717) is 0 Å². The van der Waals surface area contributed by atoms with Crippen molar-refractivity contribution in [3.63, 3.8) is 0 Å². The molecular formula is C16H27O3. The first-order chi connectivity index (χ1) is 9.20. The lowest BCUT2D eigenvalue weighted by molar-refractivity contribution is -0.137. The molecule has 0 aliphatic rings. The van der Waals surface area contributed by atoms with Gasteiger partial charge in [-0.05, 0) is 12.8 Å². The summed E-state index contributed by atoms with van der Waals surface area (Å²) < 4.78 is 0. The summed E-state index contributed by atoms with van der Waals surface area (Å²) >= 11 is 0. The molecule has 0 saturated heterocycles. The maximum absolute atomic E-state index is 10.5. The molecule has 0 heterocycles. The van der Waals surface area contributed by atoms with Crippen molar-refractivity contribution in [2.24, 2.45) is 5.92 Å². The molecule has 0 saturated carbocycles. The zero-order chi connectivity index (χ0) is 14.3. The van der Waals surface area contributed by atoms with E-state index in [1.165, 1.54) is 44.9 Å². The number of hydrogen-bond donors (Lipinski definition) is 1. The summed E-state index contributed by atoms with van der Waals surface area (Å²) in [4.78, 5) is 20.9. The predicted molar refractivity (Wildman–Crippen MR) is 77.8 cm³/mol. The van der Waals surface area contributed by atoms with Gasteiger partial charge in [-0.15, -0.1) is 0 Å². The van der Waals surface area contributed by atoms with E-state index in [0.717, 1.165) is 12.8 Å². The Labute approximate surface area is 117 Å². The van der Waals surface area contributed by atoms with Gasteiger partial charge in [-0.25, -0.2) is 0 Å². The molecule has 0 bridgehead atoms. The second-order valence-corrected chi connectivity index (χ2v) is 5.01. The Morgan fingerprint density at radius 3 is 2.21 bits per heavy atom. The smallest absolute Gasteiger partial charge is 0.304 e. The Morgan fingerprint density at radius 2 is 1.68 bits per heavy atom. The average Bonchev–Trinajstić information content (AvgIpc) is 2.39. The number of allylic oxidation sites excluding steroid dienone is 2. The molecule has 0 spiro atoms. The van der Waals surface area contributed by atoms with Crippen LogP contribution >= 0.6 is 0 Å². The van der Waals surface area contributed by atoms with Gasteiger partial charge < -0.3 is 5.11 Å². The minimum atomic E-state index is -0.954. The van der Waals surface area contributed by atoms with Gasteiger partial charge in [0.1, 0.15) is 0 Å². The van der Waals surface area contributed by atoms with E-state index in [1.807, 2.05) is 6.08 Å². The molecule has 1 N–H and O–H groups in total. The fourth-order valence-electron chi connectivity index (χ4n) is 1.99. The predicted octanol–water partition coefficient (Wildman–Crippen LogP) is 4.27. The van der Waals surface area contributed by atoms with Gasteiger partial charge in [-0.3, -0.25) is 9.59 Å². The molecule has 109 valence electrons. The maximum Gasteiger partial charge on any atom is 0.304 e. The molecule has 0 rings (SSSR count). The van der Waals surface area contributed by atoms with Gasteiger partial charge in [0.05, 0.1) is 12.3 Å². The van der Waals surface area contributed by atoms with Gasteiger partial charge in [0.15, 0.2) is 0 Å². The highest BCUT2D eigenvalue weighted by atomic mass is 16.4. The van der Waals surface area contributed by atoms with E-state index >= 15 is 0 Å². The zero-order valence-electron chi connectivity index (χ0n) is 12.1. The molecule has 19 heavy (non-hydrogen) atoms. The van der Waals surface area contributed by atoms with E-state index < -0.39 is 11.9 Å². The highest BCUT2D eigenvalue weighted by Crippen LogP contribution is 2.10. The largest absolute Gasteiger partial charge is 0.481 e. The van der Waals surface area contributed by atoms with E-state index in [2.05, 4.69) is 6.92 Å². The summed E-state index contributed by atoms with van der Waals surface area (Å²) in [5.74, 6) is -1.54. The van der Waals surface area contributed by atoms with Crippen molar-refractivity contribution < 1.29 is 14.7 Å². The van der Waals surface area contributed by atoms with Crippen LogP contribution in [0.3, 0.4) is 0 Å². The van der Waals surface area contributed by atoms with Gasteiger partial charge in [0, 0.05) is 0 Å². The topological polar surface area (TPSA) is 54.4 Å². The summed E-state index contributed by atoms with van der Waals surface area (Å²) in [6.07, 6.45) is 16.3. The summed E-state index contributed by atoms with van der Waals surface area (Å²) in [7, 11) is 0. The quantitative estimate of drug-likeness (QED) is 0.400. The average molecular weight is 267 g/mol. The van der Waals surface area contributed by atoms with Crippen LogP contribution in [0.4, 0.5) is 0 Å². The monoisotopic (exact) mass is 267 g/mol. The summed E-state index contributed by atoms with van der Waals surface area (Å²) in [5.41, 5.74) is 0. The fourth-order valence-corrected chi connectivity index (χ4v) is 1.99. The summed E-state index contributed by atoms with van der Waals surface area (Å²) in [6, 6.07) is 0. The van der Waals surface area contributed by atoms with Gasteiger partial charge >= 0.3 is 5.97 Å². The molecular weight excluding hydrogens is 240 g/mol. The molecule has 0 fully saturated rings. The lowest BCUT2D eigenvalue weighted by Crippen LogP contribution is -2.06. The highest BCUT2D eigenvalue weighted by Gasteiger charge is 2.08. The number of carbonyl (C=O) groups is 1. The Hall–Kier alpha value is -1.12. The molecule has 0 aromatic carbocycles.